The van der Waals surface area contributed by atoms with Crippen LogP contribution in [0, 0.1) is 11.8 Å². The molecule has 4 atom stereocenters. The first kappa shape index (κ1) is 15.5. The van der Waals surface area contributed by atoms with Gasteiger partial charge in [0.2, 0.25) is 5.91 Å². The van der Waals surface area contributed by atoms with Crippen LogP contribution in [-0.4, -0.2) is 48.5 Å². The Hall–Kier alpha value is -1.00. The number of carbonyl (C=O) groups excluding carboxylic acids is 1. The van der Waals surface area contributed by atoms with Gasteiger partial charge in [-0.1, -0.05) is 24.3 Å². The molecule has 4 rings (SSSR count). The minimum atomic E-state index is 0.196. The van der Waals surface area contributed by atoms with Gasteiger partial charge in [-0.2, -0.15) is 11.8 Å². The summed E-state index contributed by atoms with van der Waals surface area (Å²) in [4.78, 5) is 14.5. The van der Waals surface area contributed by atoms with E-state index in [0.717, 1.165) is 12.5 Å². The number of hydrogen-bond donors (Lipinski definition) is 1. The zero-order valence-electron chi connectivity index (χ0n) is 13.8. The summed E-state index contributed by atoms with van der Waals surface area (Å²) in [7, 11) is 2.09. The highest BCUT2D eigenvalue weighted by Gasteiger charge is 2.52. The number of rotatable bonds is 5. The van der Waals surface area contributed by atoms with E-state index in [9.17, 15) is 4.79 Å². The van der Waals surface area contributed by atoms with Crippen LogP contribution in [0.2, 0.25) is 0 Å². The van der Waals surface area contributed by atoms with E-state index in [4.69, 9.17) is 0 Å². The summed E-state index contributed by atoms with van der Waals surface area (Å²) in [6.45, 7) is 1.40. The van der Waals surface area contributed by atoms with Crippen LogP contribution >= 0.6 is 11.8 Å². The van der Waals surface area contributed by atoms with E-state index >= 15 is 0 Å². The van der Waals surface area contributed by atoms with Crippen molar-refractivity contribution in [2.45, 2.75) is 31.2 Å². The Morgan fingerprint density at radius 1 is 1.35 bits per heavy atom. The summed E-state index contributed by atoms with van der Waals surface area (Å²) in [5.74, 6) is 4.77. The van der Waals surface area contributed by atoms with E-state index in [1.54, 1.807) is 5.56 Å². The molecule has 4 heteroatoms. The van der Waals surface area contributed by atoms with Crippen molar-refractivity contribution in [1.29, 1.82) is 0 Å². The maximum Gasteiger partial charge on any atom is 0.234 e. The van der Waals surface area contributed by atoms with Crippen LogP contribution in [0.3, 0.4) is 0 Å². The van der Waals surface area contributed by atoms with Crippen molar-refractivity contribution in [3.8, 4) is 0 Å². The summed E-state index contributed by atoms with van der Waals surface area (Å²) < 4.78 is 0. The van der Waals surface area contributed by atoms with Crippen LogP contribution < -0.4 is 5.32 Å². The molecule has 0 unspecified atom stereocenters. The second-order valence-electron chi connectivity index (χ2n) is 7.33. The van der Waals surface area contributed by atoms with Gasteiger partial charge in [-0.3, -0.25) is 9.69 Å². The predicted molar refractivity (Wildman–Crippen MR) is 95.9 cm³/mol. The van der Waals surface area contributed by atoms with Gasteiger partial charge in [-0.15, -0.1) is 0 Å². The van der Waals surface area contributed by atoms with Gasteiger partial charge < -0.3 is 5.32 Å². The van der Waals surface area contributed by atoms with Crippen LogP contribution in [0.1, 0.15) is 29.9 Å². The van der Waals surface area contributed by atoms with Gasteiger partial charge in [0.15, 0.2) is 0 Å². The lowest BCUT2D eigenvalue weighted by molar-refractivity contribution is -0.122. The molecule has 1 aliphatic heterocycles. The van der Waals surface area contributed by atoms with Crippen LogP contribution in [0.25, 0.3) is 0 Å². The number of fused-ring (bicyclic) bond motifs is 3. The number of nitrogens with one attached hydrogen (secondary N) is 1. The molecule has 0 aromatic heterocycles. The molecule has 124 valence electrons. The molecule has 1 heterocycles. The number of aryl methyl sites for hydroxylation is 1. The number of likely N-dealkylation sites (N-methyl/N-ethyl adjacent to an activating group) is 1. The van der Waals surface area contributed by atoms with Crippen LogP contribution in [0.4, 0.5) is 0 Å². The zero-order chi connectivity index (χ0) is 15.8. The number of amides is 1. The Kier molecular flexibility index (Phi) is 4.37. The molecule has 23 heavy (non-hydrogen) atoms. The van der Waals surface area contributed by atoms with E-state index in [-0.39, 0.29) is 5.91 Å². The fourth-order valence-corrected chi connectivity index (χ4v) is 5.80. The van der Waals surface area contributed by atoms with Gasteiger partial charge in [0.25, 0.3) is 0 Å². The topological polar surface area (TPSA) is 32.3 Å². The highest BCUT2D eigenvalue weighted by atomic mass is 32.2. The minimum Gasteiger partial charge on any atom is -0.355 e. The van der Waals surface area contributed by atoms with Gasteiger partial charge in [-0.05, 0) is 60.9 Å². The molecule has 2 aliphatic carbocycles. The van der Waals surface area contributed by atoms with Gasteiger partial charge in [0.05, 0.1) is 6.54 Å². The lowest BCUT2D eigenvalue weighted by Crippen LogP contribution is -2.41. The second-order valence-corrected chi connectivity index (χ2v) is 8.48. The van der Waals surface area contributed by atoms with Crippen molar-refractivity contribution < 1.29 is 4.79 Å². The van der Waals surface area contributed by atoms with Crippen molar-refractivity contribution in [2.24, 2.45) is 11.8 Å². The molecule has 0 bridgehead atoms. The van der Waals surface area contributed by atoms with Gasteiger partial charge in [-0.25, -0.2) is 0 Å². The highest BCUT2D eigenvalue weighted by molar-refractivity contribution is 7.99. The Labute approximate surface area is 143 Å². The van der Waals surface area contributed by atoms with Crippen molar-refractivity contribution in [2.75, 3.05) is 31.6 Å². The van der Waals surface area contributed by atoms with E-state index < -0.39 is 0 Å². The molecular weight excluding hydrogens is 304 g/mol. The Morgan fingerprint density at radius 2 is 2.22 bits per heavy atom. The Balaban J connectivity index is 1.27. The van der Waals surface area contributed by atoms with Crippen molar-refractivity contribution >= 4 is 17.7 Å². The van der Waals surface area contributed by atoms with Crippen LogP contribution in [0.5, 0.6) is 0 Å². The van der Waals surface area contributed by atoms with Crippen molar-refractivity contribution in [3.05, 3.63) is 35.4 Å². The molecule has 3 nitrogen and oxygen atoms in total. The summed E-state index contributed by atoms with van der Waals surface area (Å²) in [5, 5.41) is 3.20. The summed E-state index contributed by atoms with van der Waals surface area (Å²) in [6.07, 6.45) is 3.73. The normalized spacial score (nSPS) is 31.6. The molecule has 1 saturated heterocycles. The fraction of sp³-hybridized carbons (Fsp3) is 0.632. The standard InChI is InChI=1S/C19H26N2OS/c1-21(14-8-9-23-12-14)11-18(22)20-10-17-16-7-6-13-4-2-3-5-15(13)19(16)17/h2-5,14,16-17,19H,6-12H2,1H3,(H,20,22)/t14-,16-,17+,19-/m0/s1. The monoisotopic (exact) mass is 330 g/mol. The molecule has 1 saturated carbocycles. The summed E-state index contributed by atoms with van der Waals surface area (Å²) >= 11 is 2.00. The number of nitrogens with zero attached hydrogens (tertiary/aromatic N) is 1. The fourth-order valence-electron chi connectivity index (χ4n) is 4.50. The Morgan fingerprint density at radius 3 is 3.04 bits per heavy atom. The summed E-state index contributed by atoms with van der Waals surface area (Å²) in [5.41, 5.74) is 3.07. The van der Waals surface area contributed by atoms with Crippen LogP contribution in [0.15, 0.2) is 24.3 Å². The molecule has 1 N–H and O–H groups in total. The molecule has 3 aliphatic rings. The van der Waals surface area contributed by atoms with Crippen LogP contribution in [-0.2, 0) is 11.2 Å². The van der Waals surface area contributed by atoms with Gasteiger partial charge in [0.1, 0.15) is 0 Å². The lowest BCUT2D eigenvalue weighted by atomic mass is 9.92. The number of benzene rings is 1. The predicted octanol–water partition coefficient (Wildman–Crippen LogP) is 2.52. The maximum absolute atomic E-state index is 12.2. The number of thioether (sulfide) groups is 1. The Bertz CT molecular complexity index is 584. The number of carbonyl (C=O) groups is 1. The zero-order valence-corrected chi connectivity index (χ0v) is 14.6. The highest BCUT2D eigenvalue weighted by Crippen LogP contribution is 2.59. The molecule has 1 aromatic rings. The maximum atomic E-state index is 12.2. The SMILES string of the molecule is CN(CC(=O)NC[C@@H]1[C@@H]2CCc3ccccc3[C@H]12)[C@H]1CCSC1. The molecular formula is C19H26N2OS. The van der Waals surface area contributed by atoms with Gasteiger partial charge in [0, 0.05) is 18.3 Å². The van der Waals surface area contributed by atoms with E-state index in [1.165, 1.54) is 36.3 Å². The second kappa shape index (κ2) is 6.48. The average molecular weight is 330 g/mol. The molecule has 1 aromatic carbocycles. The minimum absolute atomic E-state index is 0.196. The van der Waals surface area contributed by atoms with E-state index in [0.29, 0.717) is 24.4 Å². The van der Waals surface area contributed by atoms with E-state index in [1.807, 2.05) is 11.8 Å². The summed E-state index contributed by atoms with van der Waals surface area (Å²) in [6, 6.07) is 9.45. The molecule has 2 fully saturated rings. The average Bonchev–Trinajstić information content (AvgIpc) is 3.00. The lowest BCUT2D eigenvalue weighted by Gasteiger charge is -2.22. The van der Waals surface area contributed by atoms with E-state index in [2.05, 4.69) is 41.5 Å². The first-order valence-electron chi connectivity index (χ1n) is 8.86. The smallest absolute Gasteiger partial charge is 0.234 e. The molecule has 1 amide bonds. The third-order valence-electron chi connectivity index (χ3n) is 5.95. The van der Waals surface area contributed by atoms with Gasteiger partial charge >= 0.3 is 0 Å². The molecule has 0 radical (unpaired) electrons. The third kappa shape index (κ3) is 3.16. The molecule has 0 spiro atoms. The van der Waals surface area contributed by atoms with Crippen molar-refractivity contribution in [3.63, 3.8) is 0 Å². The number of hydrogen-bond acceptors (Lipinski definition) is 3. The quantitative estimate of drug-likeness (QED) is 0.900. The van der Waals surface area contributed by atoms with Crippen molar-refractivity contribution in [1.82, 2.24) is 10.2 Å². The first-order valence-corrected chi connectivity index (χ1v) is 10.0. The third-order valence-corrected chi connectivity index (χ3v) is 7.09. The first-order chi connectivity index (χ1) is 11.2. The largest absolute Gasteiger partial charge is 0.355 e.